The summed E-state index contributed by atoms with van der Waals surface area (Å²) >= 11 is 0. The van der Waals surface area contributed by atoms with Gasteiger partial charge in [-0.05, 0) is 30.7 Å². The van der Waals surface area contributed by atoms with Crippen LogP contribution in [-0.2, 0) is 21.4 Å². The van der Waals surface area contributed by atoms with Gasteiger partial charge in [0, 0.05) is 25.5 Å². The summed E-state index contributed by atoms with van der Waals surface area (Å²) in [6.07, 6.45) is 2.86. The third kappa shape index (κ3) is 5.01. The zero-order chi connectivity index (χ0) is 20.0. The van der Waals surface area contributed by atoms with E-state index in [9.17, 15) is 18.0 Å². The highest BCUT2D eigenvalue weighted by atomic mass is 32.2. The van der Waals surface area contributed by atoms with E-state index in [1.54, 1.807) is 39.0 Å². The number of sulfonamides is 1. The van der Waals surface area contributed by atoms with Gasteiger partial charge >= 0.3 is 5.69 Å². The van der Waals surface area contributed by atoms with Crippen LogP contribution in [0.1, 0.15) is 32.4 Å². The lowest BCUT2D eigenvalue weighted by molar-refractivity contribution is -0.122. The van der Waals surface area contributed by atoms with Crippen molar-refractivity contribution in [2.75, 3.05) is 13.1 Å². The topological polar surface area (TPSA) is 101 Å². The molecule has 0 bridgehead atoms. The fourth-order valence-electron chi connectivity index (χ4n) is 2.67. The van der Waals surface area contributed by atoms with Crippen molar-refractivity contribution in [2.45, 2.75) is 38.3 Å². The monoisotopic (exact) mass is 392 g/mol. The van der Waals surface area contributed by atoms with Crippen LogP contribution in [-0.4, -0.2) is 41.3 Å². The molecule has 1 amide bonds. The molecule has 2 rings (SSSR count). The van der Waals surface area contributed by atoms with E-state index in [1.807, 2.05) is 0 Å². The van der Waals surface area contributed by atoms with Gasteiger partial charge < -0.3 is 5.32 Å². The summed E-state index contributed by atoms with van der Waals surface area (Å²) in [7, 11) is -3.51. The minimum Gasteiger partial charge on any atom is -0.348 e. The first kappa shape index (κ1) is 20.8. The lowest BCUT2D eigenvalue weighted by atomic mass is 10.1. The van der Waals surface area contributed by atoms with Crippen LogP contribution in [0.3, 0.4) is 0 Å². The molecule has 146 valence electrons. The smallest absolute Gasteiger partial charge is 0.347 e. The molecule has 1 aromatic carbocycles. The van der Waals surface area contributed by atoms with Crippen LogP contribution in [0.5, 0.6) is 0 Å². The van der Waals surface area contributed by atoms with E-state index in [-0.39, 0.29) is 23.4 Å². The van der Waals surface area contributed by atoms with Gasteiger partial charge in [0.2, 0.25) is 15.9 Å². The first-order chi connectivity index (χ1) is 12.8. The Morgan fingerprint density at radius 1 is 1.22 bits per heavy atom. The number of rotatable bonds is 8. The third-order valence-electron chi connectivity index (χ3n) is 4.20. The Hall–Kier alpha value is -2.52. The molecule has 1 unspecified atom stereocenters. The third-order valence-corrected chi connectivity index (χ3v) is 6.26. The van der Waals surface area contributed by atoms with Crippen molar-refractivity contribution < 1.29 is 13.2 Å². The second-order valence-electron chi connectivity index (χ2n) is 5.98. The molecule has 0 aliphatic rings. The average Bonchev–Trinajstić information content (AvgIpc) is 2.64. The molecule has 1 N–H and O–H groups in total. The van der Waals surface area contributed by atoms with Gasteiger partial charge in [-0.2, -0.15) is 4.31 Å². The normalized spacial score (nSPS) is 12.7. The zero-order valence-electron chi connectivity index (χ0n) is 15.6. The van der Waals surface area contributed by atoms with E-state index in [1.165, 1.54) is 33.4 Å². The maximum Gasteiger partial charge on any atom is 0.347 e. The van der Waals surface area contributed by atoms with Crippen LogP contribution in [0.15, 0.2) is 52.4 Å². The van der Waals surface area contributed by atoms with Crippen molar-refractivity contribution in [3.8, 4) is 0 Å². The van der Waals surface area contributed by atoms with Gasteiger partial charge in [-0.15, -0.1) is 0 Å². The lowest BCUT2D eigenvalue weighted by Gasteiger charge is -2.19. The molecule has 1 atom stereocenters. The second-order valence-corrected chi connectivity index (χ2v) is 7.92. The standard InChI is InChI=1S/C18H24N4O4S/c1-4-22(5-2)27(25,26)16-9-7-15(8-10-16)14(3)20-17(23)13-21-12-6-11-19-18(21)24/h6-12,14H,4-5,13H2,1-3H3,(H,20,23). The van der Waals surface area contributed by atoms with E-state index in [0.717, 1.165) is 5.56 Å². The predicted octanol–water partition coefficient (Wildman–Crippen LogP) is 1.15. The molecule has 1 heterocycles. The van der Waals surface area contributed by atoms with Crippen molar-refractivity contribution in [1.82, 2.24) is 19.2 Å². The molecule has 0 saturated heterocycles. The van der Waals surface area contributed by atoms with Crippen LogP contribution < -0.4 is 11.0 Å². The minimum atomic E-state index is -3.51. The molecule has 0 aliphatic carbocycles. The largest absolute Gasteiger partial charge is 0.348 e. The molecule has 0 radical (unpaired) electrons. The number of nitrogens with zero attached hydrogens (tertiary/aromatic N) is 3. The first-order valence-corrected chi connectivity index (χ1v) is 10.1. The summed E-state index contributed by atoms with van der Waals surface area (Å²) in [4.78, 5) is 27.5. The van der Waals surface area contributed by atoms with E-state index < -0.39 is 15.7 Å². The maximum atomic E-state index is 12.5. The van der Waals surface area contributed by atoms with E-state index >= 15 is 0 Å². The summed E-state index contributed by atoms with van der Waals surface area (Å²) < 4.78 is 27.6. The Labute approximate surface area is 158 Å². The average molecular weight is 392 g/mol. The van der Waals surface area contributed by atoms with Gasteiger partial charge in [0.15, 0.2) is 0 Å². The molecule has 9 heteroatoms. The quantitative estimate of drug-likeness (QED) is 0.726. The SMILES string of the molecule is CCN(CC)S(=O)(=O)c1ccc(C(C)NC(=O)Cn2cccnc2=O)cc1. The molecule has 1 aromatic heterocycles. The number of carbonyl (C=O) groups excluding carboxylic acids is 1. The van der Waals surface area contributed by atoms with Gasteiger partial charge in [0.25, 0.3) is 0 Å². The molecule has 0 spiro atoms. The van der Waals surface area contributed by atoms with Crippen molar-refractivity contribution in [3.05, 3.63) is 58.8 Å². The molecule has 27 heavy (non-hydrogen) atoms. The Bertz CT molecular complexity index is 934. The Morgan fingerprint density at radius 2 is 1.85 bits per heavy atom. The fraction of sp³-hybridized carbons (Fsp3) is 0.389. The van der Waals surface area contributed by atoms with E-state index in [4.69, 9.17) is 0 Å². The Morgan fingerprint density at radius 3 is 2.41 bits per heavy atom. The van der Waals surface area contributed by atoms with Crippen molar-refractivity contribution in [2.24, 2.45) is 0 Å². The van der Waals surface area contributed by atoms with Crippen LogP contribution in [0.4, 0.5) is 0 Å². The van der Waals surface area contributed by atoms with Crippen molar-refractivity contribution in [1.29, 1.82) is 0 Å². The summed E-state index contributed by atoms with van der Waals surface area (Å²) in [6, 6.07) is 7.67. The molecular weight excluding hydrogens is 368 g/mol. The van der Waals surface area contributed by atoms with E-state index in [0.29, 0.717) is 13.1 Å². The summed E-state index contributed by atoms with van der Waals surface area (Å²) in [6.45, 7) is 6.05. The van der Waals surface area contributed by atoms with Crippen LogP contribution in [0, 0.1) is 0 Å². The number of amides is 1. The number of aromatic nitrogens is 2. The number of carbonyl (C=O) groups is 1. The maximum absolute atomic E-state index is 12.5. The predicted molar refractivity (Wildman–Crippen MR) is 102 cm³/mol. The summed E-state index contributed by atoms with van der Waals surface area (Å²) in [5.74, 6) is -0.336. The first-order valence-electron chi connectivity index (χ1n) is 8.70. The van der Waals surface area contributed by atoms with Gasteiger partial charge in [0.1, 0.15) is 6.54 Å². The van der Waals surface area contributed by atoms with Crippen LogP contribution in [0.2, 0.25) is 0 Å². The summed E-state index contributed by atoms with van der Waals surface area (Å²) in [5, 5.41) is 2.79. The lowest BCUT2D eigenvalue weighted by Crippen LogP contribution is -2.34. The molecule has 2 aromatic rings. The van der Waals surface area contributed by atoms with Crippen LogP contribution >= 0.6 is 0 Å². The van der Waals surface area contributed by atoms with Gasteiger partial charge in [-0.1, -0.05) is 26.0 Å². The Kier molecular flexibility index (Phi) is 6.86. The number of hydrogen-bond donors (Lipinski definition) is 1. The molecular formula is C18H24N4O4S. The number of nitrogens with one attached hydrogen (secondary N) is 1. The van der Waals surface area contributed by atoms with Gasteiger partial charge in [-0.25, -0.2) is 18.2 Å². The van der Waals surface area contributed by atoms with Gasteiger partial charge in [-0.3, -0.25) is 9.36 Å². The molecule has 0 fully saturated rings. The van der Waals surface area contributed by atoms with Crippen molar-refractivity contribution in [3.63, 3.8) is 0 Å². The number of benzene rings is 1. The highest BCUT2D eigenvalue weighted by molar-refractivity contribution is 7.89. The fourth-order valence-corrected chi connectivity index (χ4v) is 4.13. The van der Waals surface area contributed by atoms with Gasteiger partial charge in [0.05, 0.1) is 10.9 Å². The highest BCUT2D eigenvalue weighted by Crippen LogP contribution is 2.19. The van der Waals surface area contributed by atoms with E-state index in [2.05, 4.69) is 10.3 Å². The Balaban J connectivity index is 2.07. The van der Waals surface area contributed by atoms with Crippen molar-refractivity contribution >= 4 is 15.9 Å². The molecule has 0 aliphatic heterocycles. The summed E-state index contributed by atoms with van der Waals surface area (Å²) in [5.41, 5.74) is 0.270. The number of hydrogen-bond acceptors (Lipinski definition) is 5. The highest BCUT2D eigenvalue weighted by Gasteiger charge is 2.21. The van der Waals surface area contributed by atoms with Crippen LogP contribution in [0.25, 0.3) is 0 Å². The molecule has 8 nitrogen and oxygen atoms in total. The zero-order valence-corrected chi connectivity index (χ0v) is 16.4. The minimum absolute atomic E-state index is 0.133. The molecule has 0 saturated carbocycles. The second kappa shape index (κ2) is 8.92.